The lowest BCUT2D eigenvalue weighted by molar-refractivity contribution is -0.384. The maximum atomic E-state index is 12.1. The summed E-state index contributed by atoms with van der Waals surface area (Å²) >= 11 is 6.34. The minimum absolute atomic E-state index is 0.137. The Morgan fingerprint density at radius 1 is 1.53 bits per heavy atom. The largest absolute Gasteiger partial charge is 0.300 e. The molecular weight excluding hydrogens is 312 g/mol. The van der Waals surface area contributed by atoms with Crippen LogP contribution in [0, 0.1) is 16.0 Å². The number of thiophene rings is 1. The van der Waals surface area contributed by atoms with Gasteiger partial charge in [0.15, 0.2) is 4.34 Å². The molecule has 1 aromatic rings. The highest BCUT2D eigenvalue weighted by Crippen LogP contribution is 2.36. The van der Waals surface area contributed by atoms with Crippen LogP contribution in [0.4, 0.5) is 5.69 Å². The van der Waals surface area contributed by atoms with Crippen molar-refractivity contribution in [3.63, 3.8) is 0 Å². The first kappa shape index (κ1) is 16.4. The first-order valence-corrected chi connectivity index (χ1v) is 8.32. The Kier molecular flexibility index (Phi) is 5.31. The second-order valence-corrected chi connectivity index (χ2v) is 7.87. The van der Waals surface area contributed by atoms with E-state index < -0.39 is 14.9 Å². The number of halogens is 1. The summed E-state index contributed by atoms with van der Waals surface area (Å²) in [5, 5.41) is 10.7. The van der Waals surface area contributed by atoms with Crippen LogP contribution in [0.15, 0.2) is 10.3 Å². The summed E-state index contributed by atoms with van der Waals surface area (Å²) in [4.78, 5) is 9.95. The van der Waals surface area contributed by atoms with Crippen LogP contribution in [0.1, 0.15) is 27.2 Å². The minimum Gasteiger partial charge on any atom is -0.258 e. The third-order valence-corrected chi connectivity index (χ3v) is 6.32. The molecular formula is C10H15ClN2O4S2. The fourth-order valence-electron chi connectivity index (χ4n) is 1.37. The van der Waals surface area contributed by atoms with Gasteiger partial charge in [-0.3, -0.25) is 10.1 Å². The van der Waals surface area contributed by atoms with Crippen LogP contribution in [0.5, 0.6) is 0 Å². The number of sulfonamides is 1. The Labute approximate surface area is 121 Å². The van der Waals surface area contributed by atoms with E-state index in [1.165, 1.54) is 0 Å². The van der Waals surface area contributed by atoms with Crippen molar-refractivity contribution < 1.29 is 13.3 Å². The van der Waals surface area contributed by atoms with Gasteiger partial charge in [0, 0.05) is 12.1 Å². The van der Waals surface area contributed by atoms with Gasteiger partial charge in [-0.2, -0.15) is 0 Å². The van der Waals surface area contributed by atoms with Gasteiger partial charge in [0.25, 0.3) is 15.7 Å². The van der Waals surface area contributed by atoms with Gasteiger partial charge in [-0.05, 0) is 12.8 Å². The molecule has 0 fully saturated rings. The van der Waals surface area contributed by atoms with Crippen molar-refractivity contribution >= 4 is 38.6 Å². The zero-order valence-electron chi connectivity index (χ0n) is 10.7. The second kappa shape index (κ2) is 6.17. The van der Waals surface area contributed by atoms with E-state index in [4.69, 9.17) is 11.6 Å². The molecule has 19 heavy (non-hydrogen) atoms. The summed E-state index contributed by atoms with van der Waals surface area (Å²) in [6.07, 6.45) is 0.828. The topological polar surface area (TPSA) is 89.3 Å². The van der Waals surface area contributed by atoms with Crippen LogP contribution in [-0.2, 0) is 10.0 Å². The van der Waals surface area contributed by atoms with E-state index in [0.717, 1.165) is 12.5 Å². The molecule has 1 rings (SSSR count). The van der Waals surface area contributed by atoms with Crippen molar-refractivity contribution in [3.05, 3.63) is 20.5 Å². The monoisotopic (exact) mass is 326 g/mol. The van der Waals surface area contributed by atoms with E-state index in [9.17, 15) is 18.5 Å². The number of hydrogen-bond acceptors (Lipinski definition) is 5. The Hall–Kier alpha value is -0.700. The number of rotatable bonds is 6. The molecule has 0 aliphatic carbocycles. The van der Waals surface area contributed by atoms with Crippen molar-refractivity contribution in [1.82, 2.24) is 4.72 Å². The van der Waals surface area contributed by atoms with E-state index in [-0.39, 0.29) is 26.2 Å². The Morgan fingerprint density at radius 2 is 2.11 bits per heavy atom. The third-order valence-electron chi connectivity index (χ3n) is 2.95. The predicted octanol–water partition coefficient (Wildman–Crippen LogP) is 3.02. The van der Waals surface area contributed by atoms with Gasteiger partial charge in [0.05, 0.1) is 4.92 Å². The van der Waals surface area contributed by atoms with Crippen molar-refractivity contribution in [2.45, 2.75) is 37.4 Å². The van der Waals surface area contributed by atoms with Gasteiger partial charge in [-0.15, -0.1) is 11.3 Å². The third kappa shape index (κ3) is 3.88. The molecule has 1 heterocycles. The molecule has 0 radical (unpaired) electrons. The van der Waals surface area contributed by atoms with E-state index in [1.54, 1.807) is 6.92 Å². The van der Waals surface area contributed by atoms with Gasteiger partial charge >= 0.3 is 0 Å². The smallest absolute Gasteiger partial charge is 0.258 e. The molecule has 1 N–H and O–H groups in total. The van der Waals surface area contributed by atoms with Crippen molar-refractivity contribution in [2.75, 3.05) is 0 Å². The molecule has 1 aromatic heterocycles. The normalized spacial score (nSPS) is 15.2. The molecule has 9 heteroatoms. The molecule has 2 atom stereocenters. The molecule has 0 amide bonds. The average Bonchev–Trinajstić information content (AvgIpc) is 2.70. The van der Waals surface area contributed by atoms with Gasteiger partial charge in [0.1, 0.15) is 4.21 Å². The Bertz CT molecular complexity index is 570. The Morgan fingerprint density at radius 3 is 2.53 bits per heavy atom. The summed E-state index contributed by atoms with van der Waals surface area (Å²) in [7, 11) is -3.77. The fraction of sp³-hybridized carbons (Fsp3) is 0.600. The van der Waals surface area contributed by atoms with Crippen LogP contribution in [0.3, 0.4) is 0 Å². The van der Waals surface area contributed by atoms with Crippen molar-refractivity contribution in [3.8, 4) is 0 Å². The van der Waals surface area contributed by atoms with Gasteiger partial charge in [-0.1, -0.05) is 31.9 Å². The Balaban J connectivity index is 3.01. The summed E-state index contributed by atoms with van der Waals surface area (Å²) in [5.74, 6) is 0.167. The van der Waals surface area contributed by atoms with Crippen LogP contribution >= 0.6 is 22.9 Å². The lowest BCUT2D eigenvalue weighted by Gasteiger charge is -2.19. The van der Waals surface area contributed by atoms with Crippen LogP contribution in [0.2, 0.25) is 4.34 Å². The second-order valence-electron chi connectivity index (χ2n) is 4.28. The highest BCUT2D eigenvalue weighted by molar-refractivity contribution is 7.91. The molecule has 0 aromatic carbocycles. The highest BCUT2D eigenvalue weighted by atomic mass is 35.5. The zero-order valence-corrected chi connectivity index (χ0v) is 13.1. The van der Waals surface area contributed by atoms with Crippen LogP contribution < -0.4 is 4.72 Å². The lowest BCUT2D eigenvalue weighted by Crippen LogP contribution is -2.36. The highest BCUT2D eigenvalue weighted by Gasteiger charge is 2.27. The van der Waals surface area contributed by atoms with Crippen molar-refractivity contribution in [2.24, 2.45) is 5.92 Å². The van der Waals surface area contributed by atoms with Crippen LogP contribution in [-0.4, -0.2) is 19.4 Å². The van der Waals surface area contributed by atoms with Gasteiger partial charge in [0.2, 0.25) is 0 Å². The molecule has 6 nitrogen and oxygen atoms in total. The number of nitrogens with one attached hydrogen (secondary N) is 1. The molecule has 2 unspecified atom stereocenters. The molecule has 0 spiro atoms. The molecule has 108 valence electrons. The van der Waals surface area contributed by atoms with Gasteiger partial charge < -0.3 is 0 Å². The van der Waals surface area contributed by atoms with E-state index in [2.05, 4.69) is 4.72 Å². The van der Waals surface area contributed by atoms with Gasteiger partial charge in [-0.25, -0.2) is 13.1 Å². The number of nitrogens with zero attached hydrogens (tertiary/aromatic N) is 1. The summed E-state index contributed by atoms with van der Waals surface area (Å²) in [6.45, 7) is 5.65. The first-order chi connectivity index (χ1) is 8.69. The number of nitro groups is 1. The zero-order chi connectivity index (χ0) is 14.8. The van der Waals surface area contributed by atoms with E-state index >= 15 is 0 Å². The molecule has 0 bridgehead atoms. The van der Waals surface area contributed by atoms with E-state index in [0.29, 0.717) is 11.3 Å². The number of hydrogen-bond donors (Lipinski definition) is 1. The average molecular weight is 327 g/mol. The summed E-state index contributed by atoms with van der Waals surface area (Å²) < 4.78 is 26.4. The molecule has 0 aliphatic heterocycles. The predicted molar refractivity (Wildman–Crippen MR) is 75.2 cm³/mol. The summed E-state index contributed by atoms with van der Waals surface area (Å²) in [6, 6.07) is 0.730. The lowest BCUT2D eigenvalue weighted by atomic mass is 10.0. The maximum absolute atomic E-state index is 12.1. The quantitative estimate of drug-likeness (QED) is 0.642. The van der Waals surface area contributed by atoms with E-state index in [1.807, 2.05) is 13.8 Å². The molecule has 0 saturated carbocycles. The molecule has 0 saturated heterocycles. The summed E-state index contributed by atoms with van der Waals surface area (Å²) in [5.41, 5.74) is -0.386. The molecule has 0 aliphatic rings. The fourth-order valence-corrected chi connectivity index (χ4v) is 4.40. The SMILES string of the molecule is CCC(C)C(C)NS(=O)(=O)c1cc([N+](=O)[O-])c(Cl)s1. The first-order valence-electron chi connectivity index (χ1n) is 5.65. The van der Waals surface area contributed by atoms with Crippen molar-refractivity contribution in [1.29, 1.82) is 0 Å². The standard InChI is InChI=1S/C10H15ClN2O4S2/c1-4-6(2)7(3)12-19(16,17)9-5-8(13(14)15)10(11)18-9/h5-7,12H,4H2,1-3H3. The minimum atomic E-state index is -3.77. The maximum Gasteiger partial charge on any atom is 0.300 e. The van der Waals surface area contributed by atoms with Crippen LogP contribution in [0.25, 0.3) is 0 Å².